The molecule has 2 atom stereocenters. The van der Waals surface area contributed by atoms with Crippen LogP contribution in [0.4, 0.5) is 0 Å². The van der Waals surface area contributed by atoms with Gasteiger partial charge in [0.15, 0.2) is 0 Å². The number of hydrogen-bond acceptors (Lipinski definition) is 5. The summed E-state index contributed by atoms with van der Waals surface area (Å²) in [6.45, 7) is 34.4. The first-order valence-corrected chi connectivity index (χ1v) is 29.0. The molecule has 0 aromatic heterocycles. The Morgan fingerprint density at radius 1 is 0.297 bits per heavy atom. The van der Waals surface area contributed by atoms with Crippen molar-refractivity contribution >= 4 is 27.4 Å². The summed E-state index contributed by atoms with van der Waals surface area (Å²) in [5.41, 5.74) is 15.7. The standard InChI is InChI=1S/C67H76O5P2/c1-63(2,3)51-31-41-26-43-33-52(64(4,5)6)35-45-28-47-37-54(66(10,11)12)39-49(61(47)71-73(69-59(43)45)56-22-18-16-19-23-56)30-50-40-55(67(13,14)15)38-48-29-46-36-53(65(7,8)9)34-44(27-42(32-51)58(41)68)60(46)70-74(72-62(48)50)57-24-20-17-21-25-57/h16-25,31-40,68H,26-30H2,1-15H3/t73-,74+. The highest BCUT2D eigenvalue weighted by atomic mass is 31.2. The zero-order valence-corrected chi connectivity index (χ0v) is 48.3. The van der Waals surface area contributed by atoms with Crippen LogP contribution in [0.15, 0.2) is 121 Å². The SMILES string of the molecule is CC(C)(C)c1cc2c(O)c(c1)Cc1cc(C(C)(C)C)cc3c1O[P@](c1ccccc1)Oc1c(cc(C(C)(C)C)cc1Cc1cc(C(C)(C)C)cc4c1O[P@](c1ccccc1)Oc1c(cc(C(C)(C)C)cc1C4)C2)C3. The van der Waals surface area contributed by atoms with Crippen LogP contribution in [0.5, 0.6) is 28.7 Å². The number of phenolic OH excluding ortho intramolecular Hbond substituents is 1. The van der Waals surface area contributed by atoms with E-state index in [2.05, 4.69) is 225 Å². The van der Waals surface area contributed by atoms with Crippen LogP contribution in [-0.2, 0) is 59.2 Å². The molecule has 0 saturated heterocycles. The third-order valence-corrected chi connectivity index (χ3v) is 17.9. The summed E-state index contributed by atoms with van der Waals surface area (Å²) < 4.78 is 30.2. The number of benzene rings is 7. The van der Waals surface area contributed by atoms with E-state index in [1.54, 1.807) is 0 Å². The average Bonchev–Trinajstić information content (AvgIpc) is 3.29. The van der Waals surface area contributed by atoms with E-state index in [0.29, 0.717) is 37.9 Å². The van der Waals surface area contributed by atoms with Crippen molar-refractivity contribution in [2.24, 2.45) is 0 Å². The van der Waals surface area contributed by atoms with Crippen molar-refractivity contribution < 1.29 is 23.2 Å². The molecule has 0 saturated carbocycles. The Balaban J connectivity index is 1.36. The monoisotopic (exact) mass is 1020 g/mol. The lowest BCUT2D eigenvalue weighted by Gasteiger charge is -2.33. The molecule has 5 heterocycles. The van der Waals surface area contributed by atoms with Crippen LogP contribution < -0.4 is 28.7 Å². The van der Waals surface area contributed by atoms with Gasteiger partial charge in [-0.3, -0.25) is 0 Å². The number of hydrogen-bond donors (Lipinski definition) is 1. The van der Waals surface area contributed by atoms with E-state index < -0.39 is 16.8 Å². The Kier molecular flexibility index (Phi) is 13.2. The van der Waals surface area contributed by atoms with Gasteiger partial charge in [0, 0.05) is 32.1 Å². The molecule has 6 aliphatic rings. The maximum absolute atomic E-state index is 13.0. The summed E-state index contributed by atoms with van der Waals surface area (Å²) in [5.74, 6) is 3.69. The van der Waals surface area contributed by atoms with Crippen LogP contribution in [0, 0.1) is 0 Å². The number of rotatable bonds is 2. The third kappa shape index (κ3) is 10.5. The van der Waals surface area contributed by atoms with Crippen LogP contribution in [0.25, 0.3) is 0 Å². The molecule has 14 bridgehead atoms. The lowest BCUT2D eigenvalue weighted by molar-refractivity contribution is 0.459. The Morgan fingerprint density at radius 2 is 0.486 bits per heavy atom. The smallest absolute Gasteiger partial charge is 0.326 e. The molecule has 0 radical (unpaired) electrons. The molecule has 384 valence electrons. The lowest BCUT2D eigenvalue weighted by Crippen LogP contribution is -2.20. The quantitative estimate of drug-likeness (QED) is 0.175. The van der Waals surface area contributed by atoms with Gasteiger partial charge in [0.1, 0.15) is 28.7 Å². The molecule has 1 aliphatic carbocycles. The second kappa shape index (κ2) is 18.9. The predicted molar refractivity (Wildman–Crippen MR) is 310 cm³/mol. The molecule has 5 nitrogen and oxygen atoms in total. The summed E-state index contributed by atoms with van der Waals surface area (Å²) in [4.78, 5) is 0. The van der Waals surface area contributed by atoms with E-state index in [9.17, 15) is 5.11 Å². The summed E-state index contributed by atoms with van der Waals surface area (Å²) in [6.07, 6.45) is 2.70. The van der Waals surface area contributed by atoms with Crippen LogP contribution in [0.1, 0.15) is 187 Å². The van der Waals surface area contributed by atoms with Gasteiger partial charge in [0.2, 0.25) is 0 Å². The molecule has 74 heavy (non-hydrogen) atoms. The van der Waals surface area contributed by atoms with Gasteiger partial charge in [-0.2, -0.15) is 0 Å². The first-order chi connectivity index (χ1) is 34.7. The molecule has 7 aromatic carbocycles. The second-order valence-electron chi connectivity index (χ2n) is 26.3. The van der Waals surface area contributed by atoms with Gasteiger partial charge in [-0.25, -0.2) is 0 Å². The molecule has 7 aromatic rings. The molecule has 13 rings (SSSR count). The highest BCUT2D eigenvalue weighted by molar-refractivity contribution is 7.57. The van der Waals surface area contributed by atoms with Crippen molar-refractivity contribution in [3.63, 3.8) is 0 Å². The molecule has 0 unspecified atom stereocenters. The fraction of sp³-hybridized carbons (Fsp3) is 0.373. The fourth-order valence-electron chi connectivity index (χ4n) is 10.4. The molecule has 0 spiro atoms. The number of phenols is 1. The molecule has 5 aliphatic heterocycles. The van der Waals surface area contributed by atoms with E-state index in [1.165, 1.54) is 22.3 Å². The Morgan fingerprint density at radius 3 is 0.689 bits per heavy atom. The van der Waals surface area contributed by atoms with Crippen molar-refractivity contribution in [1.29, 1.82) is 0 Å². The molecule has 0 amide bonds. The van der Waals surface area contributed by atoms with Crippen molar-refractivity contribution in [2.75, 3.05) is 0 Å². The summed E-state index contributed by atoms with van der Waals surface area (Å²) in [5, 5.41) is 15.0. The fourth-order valence-corrected chi connectivity index (χ4v) is 13.4. The van der Waals surface area contributed by atoms with Crippen LogP contribution in [-0.4, -0.2) is 5.11 Å². The number of aromatic hydroxyl groups is 1. The zero-order valence-electron chi connectivity index (χ0n) is 46.6. The van der Waals surface area contributed by atoms with E-state index in [-0.39, 0.29) is 27.1 Å². The Labute approximate surface area is 444 Å². The minimum atomic E-state index is -1.71. The minimum absolute atomic E-state index is 0.171. The molecule has 1 N–H and O–H groups in total. The van der Waals surface area contributed by atoms with E-state index in [1.807, 2.05) is 0 Å². The largest absolute Gasteiger partial charge is 0.507 e. The van der Waals surface area contributed by atoms with Crippen LogP contribution in [0.3, 0.4) is 0 Å². The van der Waals surface area contributed by atoms with Gasteiger partial charge >= 0.3 is 16.8 Å². The molecule has 0 fully saturated rings. The summed E-state index contributed by atoms with van der Waals surface area (Å²) >= 11 is 0. The first kappa shape index (κ1) is 51.9. The third-order valence-electron chi connectivity index (χ3n) is 15.1. The maximum Gasteiger partial charge on any atom is 0.326 e. The topological polar surface area (TPSA) is 57.2 Å². The van der Waals surface area contributed by atoms with Gasteiger partial charge in [0.25, 0.3) is 0 Å². The normalized spacial score (nSPS) is 16.8. The van der Waals surface area contributed by atoms with Crippen molar-refractivity contribution in [3.8, 4) is 28.7 Å². The maximum atomic E-state index is 13.0. The highest BCUT2D eigenvalue weighted by Gasteiger charge is 2.36. The Bertz CT molecular complexity index is 3070. The van der Waals surface area contributed by atoms with E-state index in [0.717, 1.165) is 94.8 Å². The average molecular weight is 1020 g/mol. The second-order valence-corrected chi connectivity index (χ2v) is 29.1. The molecular weight excluding hydrogens is 947 g/mol. The van der Waals surface area contributed by atoms with Gasteiger partial charge in [-0.05, 0) is 135 Å². The van der Waals surface area contributed by atoms with Crippen molar-refractivity contribution in [3.05, 3.63) is 205 Å². The van der Waals surface area contributed by atoms with Crippen LogP contribution >= 0.6 is 16.8 Å². The van der Waals surface area contributed by atoms with E-state index in [4.69, 9.17) is 18.1 Å². The zero-order chi connectivity index (χ0) is 52.9. The van der Waals surface area contributed by atoms with Crippen molar-refractivity contribution in [1.82, 2.24) is 0 Å². The van der Waals surface area contributed by atoms with Crippen molar-refractivity contribution in [2.45, 2.75) is 163 Å². The predicted octanol–water partition coefficient (Wildman–Crippen LogP) is 17.0. The first-order valence-electron chi connectivity index (χ1n) is 26.6. The highest BCUT2D eigenvalue weighted by Crippen LogP contribution is 2.54. The van der Waals surface area contributed by atoms with Gasteiger partial charge in [-0.15, -0.1) is 0 Å². The van der Waals surface area contributed by atoms with Gasteiger partial charge in [0.05, 0.1) is 10.6 Å². The van der Waals surface area contributed by atoms with Gasteiger partial charge < -0.3 is 23.2 Å². The minimum Gasteiger partial charge on any atom is -0.507 e. The van der Waals surface area contributed by atoms with Gasteiger partial charge in [-0.1, -0.05) is 201 Å². The Hall–Kier alpha value is -5.60. The molecular formula is C67H76O5P2. The molecule has 7 heteroatoms. The summed E-state index contributed by atoms with van der Waals surface area (Å²) in [7, 11) is -3.41. The van der Waals surface area contributed by atoms with Crippen LogP contribution in [0.2, 0.25) is 0 Å². The lowest BCUT2D eigenvalue weighted by atomic mass is 9.79. The van der Waals surface area contributed by atoms with E-state index >= 15 is 0 Å². The summed E-state index contributed by atoms with van der Waals surface area (Å²) in [6, 6.07) is 44.4.